The van der Waals surface area contributed by atoms with E-state index in [1.54, 1.807) is 6.07 Å². The Balaban J connectivity index is 1.86. The van der Waals surface area contributed by atoms with Gasteiger partial charge in [-0.15, -0.1) is 0 Å². The Labute approximate surface area is 163 Å². The first-order chi connectivity index (χ1) is 12.9. The van der Waals surface area contributed by atoms with E-state index in [1.165, 1.54) is 24.3 Å². The van der Waals surface area contributed by atoms with Crippen molar-refractivity contribution in [2.75, 3.05) is 5.32 Å². The van der Waals surface area contributed by atoms with Gasteiger partial charge >= 0.3 is 0 Å². The highest BCUT2D eigenvalue weighted by atomic mass is 35.5. The molecule has 0 fully saturated rings. The van der Waals surface area contributed by atoms with Gasteiger partial charge in [0.05, 0.1) is 32.2 Å². The molecule has 1 aliphatic heterocycles. The van der Waals surface area contributed by atoms with Gasteiger partial charge in [0, 0.05) is 18.1 Å². The SMILES string of the molecule is O=[N+]([O-])c1cc([C@@H]2Nc3c(Cl)ccc([N+](=O)[O-])c3[C@@H]3C=CC[C@H]32)ccc1Cl. The summed E-state index contributed by atoms with van der Waals surface area (Å²) in [7, 11) is 0. The van der Waals surface area contributed by atoms with E-state index in [1.807, 2.05) is 12.2 Å². The predicted octanol–water partition coefficient (Wildman–Crippen LogP) is 5.64. The van der Waals surface area contributed by atoms with E-state index in [-0.39, 0.29) is 34.3 Å². The van der Waals surface area contributed by atoms with Crippen LogP contribution >= 0.6 is 23.2 Å². The molecule has 7 nitrogen and oxygen atoms in total. The lowest BCUT2D eigenvalue weighted by atomic mass is 9.76. The van der Waals surface area contributed by atoms with Crippen LogP contribution in [0.4, 0.5) is 17.1 Å². The van der Waals surface area contributed by atoms with E-state index < -0.39 is 9.85 Å². The average Bonchev–Trinajstić information content (AvgIpc) is 3.11. The number of nitro benzene ring substituents is 2. The number of hydrogen-bond acceptors (Lipinski definition) is 5. The zero-order valence-corrected chi connectivity index (χ0v) is 15.3. The summed E-state index contributed by atoms with van der Waals surface area (Å²) in [6.07, 6.45) is 4.63. The van der Waals surface area contributed by atoms with Gasteiger partial charge in [0.1, 0.15) is 5.02 Å². The lowest BCUT2D eigenvalue weighted by Gasteiger charge is -2.37. The minimum Gasteiger partial charge on any atom is -0.376 e. The highest BCUT2D eigenvalue weighted by Gasteiger charge is 2.42. The van der Waals surface area contributed by atoms with E-state index >= 15 is 0 Å². The number of nitrogens with one attached hydrogen (secondary N) is 1. The molecule has 1 heterocycles. The third-order valence-electron chi connectivity index (χ3n) is 5.17. The fourth-order valence-corrected chi connectivity index (χ4v) is 4.41. The third-order valence-corrected chi connectivity index (χ3v) is 5.80. The van der Waals surface area contributed by atoms with Crippen molar-refractivity contribution in [1.82, 2.24) is 0 Å². The summed E-state index contributed by atoms with van der Waals surface area (Å²) in [5.74, 6) is -0.212. The molecule has 1 N–H and O–H groups in total. The molecule has 0 bridgehead atoms. The molecule has 0 spiro atoms. The van der Waals surface area contributed by atoms with Crippen molar-refractivity contribution < 1.29 is 9.85 Å². The monoisotopic (exact) mass is 405 g/mol. The molecule has 0 amide bonds. The van der Waals surface area contributed by atoms with Crippen molar-refractivity contribution in [1.29, 1.82) is 0 Å². The summed E-state index contributed by atoms with van der Waals surface area (Å²) >= 11 is 12.3. The first-order valence-corrected chi connectivity index (χ1v) is 8.98. The van der Waals surface area contributed by atoms with Gasteiger partial charge in [-0.05, 0) is 30.0 Å². The van der Waals surface area contributed by atoms with Gasteiger partial charge in [0.25, 0.3) is 11.4 Å². The standard InChI is InChI=1S/C18H13Cl2N3O4/c19-12-5-4-9(8-15(12)23(26)27)17-11-3-1-2-10(11)16-14(22(24)25)7-6-13(20)18(16)21-17/h1-2,4-8,10-11,17,21H,3H2/t10-,11-,17+/m1/s1. The first kappa shape index (κ1) is 17.8. The molecule has 2 aromatic carbocycles. The number of anilines is 1. The maximum atomic E-state index is 11.5. The molecule has 27 heavy (non-hydrogen) atoms. The number of nitrogens with zero attached hydrogens (tertiary/aromatic N) is 2. The lowest BCUT2D eigenvalue weighted by Crippen LogP contribution is -2.30. The predicted molar refractivity (Wildman–Crippen MR) is 103 cm³/mol. The van der Waals surface area contributed by atoms with Gasteiger partial charge in [0.15, 0.2) is 0 Å². The van der Waals surface area contributed by atoms with Crippen molar-refractivity contribution in [2.24, 2.45) is 5.92 Å². The fraction of sp³-hybridized carbons (Fsp3) is 0.222. The summed E-state index contributed by atoms with van der Waals surface area (Å²) in [5, 5.41) is 26.5. The number of fused-ring (bicyclic) bond motifs is 3. The Morgan fingerprint density at radius 1 is 1.00 bits per heavy atom. The molecule has 2 aromatic rings. The van der Waals surface area contributed by atoms with Crippen LogP contribution in [0.1, 0.15) is 29.5 Å². The highest BCUT2D eigenvalue weighted by molar-refractivity contribution is 6.33. The molecule has 9 heteroatoms. The number of hydrogen-bond donors (Lipinski definition) is 1. The van der Waals surface area contributed by atoms with Crippen molar-refractivity contribution in [3.05, 3.63) is 83.9 Å². The van der Waals surface area contributed by atoms with Gasteiger partial charge in [-0.1, -0.05) is 41.4 Å². The van der Waals surface area contributed by atoms with Gasteiger partial charge in [-0.3, -0.25) is 20.2 Å². The Morgan fingerprint density at radius 2 is 1.70 bits per heavy atom. The van der Waals surface area contributed by atoms with Gasteiger partial charge in [0.2, 0.25) is 0 Å². The molecule has 0 saturated heterocycles. The smallest absolute Gasteiger partial charge is 0.288 e. The molecular formula is C18H13Cl2N3O4. The van der Waals surface area contributed by atoms with Gasteiger partial charge in [-0.25, -0.2) is 0 Å². The molecule has 1 aliphatic carbocycles. The molecule has 2 aliphatic rings. The summed E-state index contributed by atoms with van der Waals surface area (Å²) in [6.45, 7) is 0. The Kier molecular flexibility index (Phi) is 4.28. The average molecular weight is 406 g/mol. The maximum absolute atomic E-state index is 11.5. The topological polar surface area (TPSA) is 98.3 Å². The molecule has 0 radical (unpaired) electrons. The van der Waals surface area contributed by atoms with Crippen LogP contribution in [-0.4, -0.2) is 9.85 Å². The summed E-state index contributed by atoms with van der Waals surface area (Å²) in [5.41, 5.74) is 1.60. The minimum atomic E-state index is -0.523. The van der Waals surface area contributed by atoms with E-state index in [0.29, 0.717) is 28.3 Å². The zero-order chi connectivity index (χ0) is 19.3. The number of benzene rings is 2. The largest absolute Gasteiger partial charge is 0.376 e. The zero-order valence-electron chi connectivity index (χ0n) is 13.8. The minimum absolute atomic E-state index is 0.0176. The highest BCUT2D eigenvalue weighted by Crippen LogP contribution is 2.54. The van der Waals surface area contributed by atoms with Crippen molar-refractivity contribution in [2.45, 2.75) is 18.4 Å². The van der Waals surface area contributed by atoms with E-state index in [4.69, 9.17) is 23.2 Å². The van der Waals surface area contributed by atoms with Crippen LogP contribution in [0, 0.1) is 26.1 Å². The van der Waals surface area contributed by atoms with Crippen molar-refractivity contribution >= 4 is 40.3 Å². The molecule has 138 valence electrons. The second-order valence-corrected chi connectivity index (χ2v) is 7.37. The maximum Gasteiger partial charge on any atom is 0.288 e. The van der Waals surface area contributed by atoms with Gasteiger partial charge < -0.3 is 5.32 Å². The van der Waals surface area contributed by atoms with E-state index in [0.717, 1.165) is 0 Å². The third kappa shape index (κ3) is 2.83. The quantitative estimate of drug-likeness (QED) is 0.404. The summed E-state index contributed by atoms with van der Waals surface area (Å²) in [6, 6.07) is 7.31. The second kappa shape index (κ2) is 6.51. The van der Waals surface area contributed by atoms with Crippen LogP contribution in [0.15, 0.2) is 42.5 Å². The van der Waals surface area contributed by atoms with E-state index in [9.17, 15) is 20.2 Å². The van der Waals surface area contributed by atoms with Crippen LogP contribution in [0.2, 0.25) is 10.0 Å². The number of rotatable bonds is 3. The molecular weight excluding hydrogens is 393 g/mol. The number of allylic oxidation sites excluding steroid dienone is 2. The summed E-state index contributed by atoms with van der Waals surface area (Å²) < 4.78 is 0. The summed E-state index contributed by atoms with van der Waals surface area (Å²) in [4.78, 5) is 21.8. The van der Waals surface area contributed by atoms with Crippen LogP contribution < -0.4 is 5.32 Å². The first-order valence-electron chi connectivity index (χ1n) is 8.22. The lowest BCUT2D eigenvalue weighted by molar-refractivity contribution is -0.385. The van der Waals surface area contributed by atoms with Crippen LogP contribution in [-0.2, 0) is 0 Å². The van der Waals surface area contributed by atoms with Crippen molar-refractivity contribution in [3.63, 3.8) is 0 Å². The molecule has 0 aromatic heterocycles. The Bertz CT molecular complexity index is 1010. The molecule has 0 unspecified atom stereocenters. The Hall–Kier alpha value is -2.64. The van der Waals surface area contributed by atoms with E-state index in [2.05, 4.69) is 5.32 Å². The normalized spacial score (nSPS) is 22.7. The fourth-order valence-electron chi connectivity index (χ4n) is 4.01. The molecule has 0 saturated carbocycles. The van der Waals surface area contributed by atoms with Crippen LogP contribution in [0.5, 0.6) is 0 Å². The van der Waals surface area contributed by atoms with Crippen LogP contribution in [0.3, 0.4) is 0 Å². The van der Waals surface area contributed by atoms with Crippen LogP contribution in [0.25, 0.3) is 0 Å². The number of halogens is 2. The van der Waals surface area contributed by atoms with Crippen molar-refractivity contribution in [3.8, 4) is 0 Å². The molecule has 3 atom stereocenters. The van der Waals surface area contributed by atoms with Gasteiger partial charge in [-0.2, -0.15) is 0 Å². The Morgan fingerprint density at radius 3 is 2.41 bits per heavy atom. The number of nitro groups is 2. The molecule has 4 rings (SSSR count). The second-order valence-electron chi connectivity index (χ2n) is 6.56.